The van der Waals surface area contributed by atoms with Crippen molar-refractivity contribution >= 4 is 22.8 Å². The number of aromatic amines is 1. The molecule has 0 unspecified atom stereocenters. The zero-order valence-corrected chi connectivity index (χ0v) is 12.8. The number of amides is 1. The van der Waals surface area contributed by atoms with Gasteiger partial charge in [0.05, 0.1) is 20.1 Å². The minimum absolute atomic E-state index is 0.0684. The summed E-state index contributed by atoms with van der Waals surface area (Å²) in [6, 6.07) is 7.79. The predicted octanol–water partition coefficient (Wildman–Crippen LogP) is 1.36. The Morgan fingerprint density at radius 2 is 2.00 bits per heavy atom. The zero-order chi connectivity index (χ0) is 15.9. The van der Waals surface area contributed by atoms with Gasteiger partial charge in [0.25, 0.3) is 0 Å². The summed E-state index contributed by atoms with van der Waals surface area (Å²) in [7, 11) is 2.86. The van der Waals surface area contributed by atoms with Crippen molar-refractivity contribution in [3.8, 4) is 0 Å². The van der Waals surface area contributed by atoms with E-state index < -0.39 is 5.97 Å². The van der Waals surface area contributed by atoms with Crippen LogP contribution in [0.1, 0.15) is 5.56 Å². The topological polar surface area (TPSA) is 71.6 Å². The Labute approximate surface area is 129 Å². The molecule has 6 nitrogen and oxygen atoms in total. The number of ether oxygens (including phenoxy) is 2. The second-order valence-corrected chi connectivity index (χ2v) is 4.92. The number of rotatable bonds is 7. The molecule has 2 rings (SSSR count). The standard InChI is InChI=1S/C16H20N2O4/c1-21-8-7-18(11-16(20)22-2)15(19)9-12-10-17-14-6-4-3-5-13(12)14/h3-6,10,17H,7-9,11H2,1-2H3. The molecule has 0 fully saturated rings. The fourth-order valence-electron chi connectivity index (χ4n) is 2.27. The predicted molar refractivity (Wildman–Crippen MR) is 82.5 cm³/mol. The van der Waals surface area contributed by atoms with Gasteiger partial charge in [0.15, 0.2) is 0 Å². The Balaban J connectivity index is 2.10. The molecule has 0 aliphatic carbocycles. The number of esters is 1. The molecule has 1 heterocycles. The first-order chi connectivity index (χ1) is 10.7. The van der Waals surface area contributed by atoms with E-state index in [1.54, 1.807) is 7.11 Å². The molecule has 1 aromatic heterocycles. The number of aromatic nitrogens is 1. The van der Waals surface area contributed by atoms with Crippen LogP contribution in [0.5, 0.6) is 0 Å². The smallest absolute Gasteiger partial charge is 0.325 e. The number of H-pyrrole nitrogens is 1. The monoisotopic (exact) mass is 304 g/mol. The van der Waals surface area contributed by atoms with Gasteiger partial charge in [0.1, 0.15) is 6.54 Å². The van der Waals surface area contributed by atoms with E-state index in [2.05, 4.69) is 9.72 Å². The molecule has 1 amide bonds. The fraction of sp³-hybridized carbons (Fsp3) is 0.375. The number of nitrogens with one attached hydrogen (secondary N) is 1. The maximum atomic E-state index is 12.5. The summed E-state index contributed by atoms with van der Waals surface area (Å²) in [6.45, 7) is 0.657. The molecule has 0 saturated heterocycles. The molecule has 0 radical (unpaired) electrons. The highest BCUT2D eigenvalue weighted by atomic mass is 16.5. The maximum absolute atomic E-state index is 12.5. The molecule has 6 heteroatoms. The lowest BCUT2D eigenvalue weighted by atomic mass is 10.1. The van der Waals surface area contributed by atoms with E-state index in [0.717, 1.165) is 16.5 Å². The van der Waals surface area contributed by atoms with Crippen LogP contribution in [0.2, 0.25) is 0 Å². The molecule has 0 aliphatic rings. The van der Waals surface area contributed by atoms with Crippen LogP contribution in [-0.2, 0) is 25.5 Å². The minimum Gasteiger partial charge on any atom is -0.468 e. The normalized spacial score (nSPS) is 10.6. The highest BCUT2D eigenvalue weighted by Crippen LogP contribution is 2.18. The van der Waals surface area contributed by atoms with Crippen molar-refractivity contribution in [2.75, 3.05) is 33.9 Å². The lowest BCUT2D eigenvalue weighted by molar-refractivity contribution is -0.147. The number of methoxy groups -OCH3 is 2. The Bertz CT molecular complexity index is 650. The van der Waals surface area contributed by atoms with Gasteiger partial charge in [-0.3, -0.25) is 9.59 Å². The fourth-order valence-corrected chi connectivity index (χ4v) is 2.27. The Morgan fingerprint density at radius 1 is 1.23 bits per heavy atom. The van der Waals surface area contributed by atoms with Gasteiger partial charge in [-0.05, 0) is 11.6 Å². The number of benzene rings is 1. The molecule has 0 aliphatic heterocycles. The summed E-state index contributed by atoms with van der Waals surface area (Å²) in [5, 5.41) is 1.01. The number of para-hydroxylation sites is 1. The molecule has 1 N–H and O–H groups in total. The number of hydrogen-bond donors (Lipinski definition) is 1. The Morgan fingerprint density at radius 3 is 2.73 bits per heavy atom. The summed E-state index contributed by atoms with van der Waals surface area (Å²) in [6.07, 6.45) is 2.06. The quantitative estimate of drug-likeness (QED) is 0.784. The lowest BCUT2D eigenvalue weighted by Gasteiger charge is -2.21. The largest absolute Gasteiger partial charge is 0.468 e. The third kappa shape index (κ3) is 3.85. The van der Waals surface area contributed by atoms with E-state index in [0.29, 0.717) is 13.2 Å². The average molecular weight is 304 g/mol. The second kappa shape index (κ2) is 7.61. The molecule has 1 aromatic carbocycles. The Hall–Kier alpha value is -2.34. The summed E-state index contributed by atoms with van der Waals surface area (Å²) in [4.78, 5) is 28.5. The van der Waals surface area contributed by atoms with Crippen LogP contribution in [0, 0.1) is 0 Å². The van der Waals surface area contributed by atoms with Crippen molar-refractivity contribution in [1.82, 2.24) is 9.88 Å². The lowest BCUT2D eigenvalue weighted by Crippen LogP contribution is -2.39. The van der Waals surface area contributed by atoms with Crippen molar-refractivity contribution in [2.24, 2.45) is 0 Å². The third-order valence-electron chi connectivity index (χ3n) is 3.48. The highest BCUT2D eigenvalue weighted by molar-refractivity contribution is 5.90. The van der Waals surface area contributed by atoms with Crippen LogP contribution in [0.4, 0.5) is 0 Å². The summed E-state index contributed by atoms with van der Waals surface area (Å²) < 4.78 is 9.63. The van der Waals surface area contributed by atoms with Gasteiger partial charge in [-0.15, -0.1) is 0 Å². The molecule has 2 aromatic rings. The van der Waals surface area contributed by atoms with E-state index in [1.807, 2.05) is 30.5 Å². The van der Waals surface area contributed by atoms with Gasteiger partial charge in [-0.1, -0.05) is 18.2 Å². The van der Waals surface area contributed by atoms with E-state index in [9.17, 15) is 9.59 Å². The van der Waals surface area contributed by atoms with Gasteiger partial charge in [-0.2, -0.15) is 0 Å². The molecular weight excluding hydrogens is 284 g/mol. The third-order valence-corrected chi connectivity index (χ3v) is 3.48. The van der Waals surface area contributed by atoms with Crippen LogP contribution in [0.3, 0.4) is 0 Å². The second-order valence-electron chi connectivity index (χ2n) is 4.92. The molecule has 0 atom stereocenters. The van der Waals surface area contributed by atoms with Crippen molar-refractivity contribution in [3.63, 3.8) is 0 Å². The van der Waals surface area contributed by atoms with Gasteiger partial charge in [-0.25, -0.2) is 0 Å². The number of carbonyl (C=O) groups is 2. The summed E-state index contributed by atoms with van der Waals surface area (Å²) in [5.41, 5.74) is 1.90. The van der Waals surface area contributed by atoms with Crippen LogP contribution >= 0.6 is 0 Å². The molecular formula is C16H20N2O4. The van der Waals surface area contributed by atoms with Crippen LogP contribution < -0.4 is 0 Å². The molecule has 22 heavy (non-hydrogen) atoms. The van der Waals surface area contributed by atoms with Crippen molar-refractivity contribution < 1.29 is 19.1 Å². The zero-order valence-electron chi connectivity index (χ0n) is 12.8. The summed E-state index contributed by atoms with van der Waals surface area (Å²) in [5.74, 6) is -0.574. The Kier molecular flexibility index (Phi) is 5.55. The van der Waals surface area contributed by atoms with E-state index in [4.69, 9.17) is 4.74 Å². The average Bonchev–Trinajstić information content (AvgIpc) is 2.94. The number of hydrogen-bond acceptors (Lipinski definition) is 4. The molecule has 0 spiro atoms. The van der Waals surface area contributed by atoms with Gasteiger partial charge < -0.3 is 19.4 Å². The van der Waals surface area contributed by atoms with Crippen molar-refractivity contribution in [1.29, 1.82) is 0 Å². The first kappa shape index (κ1) is 16.0. The van der Waals surface area contributed by atoms with Gasteiger partial charge >= 0.3 is 5.97 Å². The van der Waals surface area contributed by atoms with Crippen LogP contribution in [-0.4, -0.2) is 55.7 Å². The van der Waals surface area contributed by atoms with Crippen LogP contribution in [0.25, 0.3) is 10.9 Å². The SMILES string of the molecule is COCCN(CC(=O)OC)C(=O)Cc1c[nH]c2ccccc12. The first-order valence-corrected chi connectivity index (χ1v) is 7.04. The molecule has 118 valence electrons. The number of fused-ring (bicyclic) bond motifs is 1. The number of nitrogens with zero attached hydrogens (tertiary/aromatic N) is 1. The minimum atomic E-state index is -0.441. The van der Waals surface area contributed by atoms with Crippen molar-refractivity contribution in [3.05, 3.63) is 36.0 Å². The highest BCUT2D eigenvalue weighted by Gasteiger charge is 2.19. The van der Waals surface area contributed by atoms with Crippen LogP contribution in [0.15, 0.2) is 30.5 Å². The van der Waals surface area contributed by atoms with Gasteiger partial charge in [0.2, 0.25) is 5.91 Å². The van der Waals surface area contributed by atoms with E-state index >= 15 is 0 Å². The molecule has 0 saturated carbocycles. The number of carbonyl (C=O) groups excluding carboxylic acids is 2. The van der Waals surface area contributed by atoms with Gasteiger partial charge in [0, 0.05) is 30.8 Å². The van der Waals surface area contributed by atoms with Crippen molar-refractivity contribution in [2.45, 2.75) is 6.42 Å². The summed E-state index contributed by atoms with van der Waals surface area (Å²) >= 11 is 0. The molecule has 0 bridgehead atoms. The maximum Gasteiger partial charge on any atom is 0.325 e. The van der Waals surface area contributed by atoms with E-state index in [-0.39, 0.29) is 18.9 Å². The first-order valence-electron chi connectivity index (χ1n) is 7.04. The van der Waals surface area contributed by atoms with E-state index in [1.165, 1.54) is 12.0 Å².